The van der Waals surface area contributed by atoms with Gasteiger partial charge in [0, 0.05) is 75.8 Å². The molecule has 17 heteroatoms. The maximum Gasteiger partial charge on any atom is 0.449 e. The number of nitrogens with zero attached hydrogens (tertiary/aromatic N) is 2. The van der Waals surface area contributed by atoms with Crippen LogP contribution >= 0.6 is 0 Å². The minimum absolute atomic E-state index is 0.0113. The van der Waals surface area contributed by atoms with Crippen LogP contribution in [0.2, 0.25) is 0 Å². The summed E-state index contributed by atoms with van der Waals surface area (Å²) >= 11 is 0. The van der Waals surface area contributed by atoms with E-state index in [2.05, 4.69) is 13.8 Å². The van der Waals surface area contributed by atoms with Crippen LogP contribution in [0.1, 0.15) is 86.0 Å². The lowest BCUT2D eigenvalue weighted by Gasteiger charge is -2.62. The Balaban J connectivity index is 0.886. The van der Waals surface area contributed by atoms with Crippen LogP contribution in [0.3, 0.4) is 0 Å². The lowest BCUT2D eigenvalue weighted by Crippen LogP contribution is -2.76. The van der Waals surface area contributed by atoms with Gasteiger partial charge < -0.3 is 23.7 Å². The normalized spacial score (nSPS) is 50.2. The van der Waals surface area contributed by atoms with Crippen molar-refractivity contribution >= 4 is 0 Å². The van der Waals surface area contributed by atoms with E-state index in [1.807, 2.05) is 9.80 Å². The number of halogens is 6. The molecule has 11 aliphatic rings. The van der Waals surface area contributed by atoms with E-state index < -0.39 is 77.0 Å². The fourth-order valence-corrected chi connectivity index (χ4v) is 12.1. The Kier molecular flexibility index (Phi) is 9.34. The van der Waals surface area contributed by atoms with E-state index in [4.69, 9.17) is 43.2 Å². The van der Waals surface area contributed by atoms with Crippen molar-refractivity contribution in [2.45, 2.75) is 139 Å². The van der Waals surface area contributed by atoms with E-state index in [1.54, 1.807) is 13.8 Å². The first-order valence-electron chi connectivity index (χ1n) is 20.2. The Morgan fingerprint density at radius 1 is 0.673 bits per heavy atom. The number of allylic oxidation sites excluding steroid dienone is 1. The highest BCUT2D eigenvalue weighted by Crippen LogP contribution is 2.65. The van der Waals surface area contributed by atoms with Crippen LogP contribution in [-0.2, 0) is 43.2 Å². The summed E-state index contributed by atoms with van der Waals surface area (Å²) in [5.74, 6) is -8.56. The number of piperazine rings is 1. The molecule has 0 aromatic carbocycles. The molecule has 4 unspecified atom stereocenters. The third-order valence-electron chi connectivity index (χ3n) is 15.2. The molecule has 0 aromatic heterocycles. The summed E-state index contributed by atoms with van der Waals surface area (Å²) < 4.78 is 120. The van der Waals surface area contributed by atoms with E-state index in [1.165, 1.54) is 6.92 Å². The molecule has 2 spiro atoms. The SMILES string of the molecule is C[C@@H]1CC[C@H]2C(CN3CCN(CCO[C@@]4(C(F)(F)F)O[C@@H]5O[C@]6(C)CCC7[C@H](C)CC[C@@H]([C@H]4C)C75OO6)CC3)=C(C(F)(F)F)O[C@@H]3O[C@]4(C)CCC1C32OO4. The molecule has 14 atom stereocenters. The fraction of sp³-hybridized carbons (Fsp3) is 0.947. The van der Waals surface area contributed by atoms with Crippen LogP contribution in [0.4, 0.5) is 26.3 Å². The minimum Gasteiger partial charge on any atom is -0.456 e. The van der Waals surface area contributed by atoms with Gasteiger partial charge in [0.05, 0.1) is 6.61 Å². The maximum atomic E-state index is 15.3. The number of ether oxygens (including phenoxy) is 5. The Hall–Kier alpha value is -1.28. The first-order chi connectivity index (χ1) is 25.8. The predicted molar refractivity (Wildman–Crippen MR) is 178 cm³/mol. The number of fused-ring (bicyclic) bond motifs is 4. The summed E-state index contributed by atoms with van der Waals surface area (Å²) in [5, 5.41) is 0. The van der Waals surface area contributed by atoms with E-state index in [0.29, 0.717) is 64.7 Å². The van der Waals surface area contributed by atoms with Gasteiger partial charge in [0.15, 0.2) is 17.5 Å². The van der Waals surface area contributed by atoms with E-state index in [9.17, 15) is 13.2 Å². The second kappa shape index (κ2) is 13.1. The topological polar surface area (TPSA) is 89.6 Å². The molecule has 0 aromatic rings. The summed E-state index contributed by atoms with van der Waals surface area (Å²) in [6.07, 6.45) is -7.45. The highest BCUT2D eigenvalue weighted by molar-refractivity contribution is 5.29. The zero-order valence-electron chi connectivity index (χ0n) is 32.1. The summed E-state index contributed by atoms with van der Waals surface area (Å²) in [7, 11) is 0. The molecular weight excluding hydrogens is 742 g/mol. The number of alkyl halides is 6. The average molecular weight is 797 g/mol. The molecule has 10 fully saturated rings. The third kappa shape index (κ3) is 5.89. The van der Waals surface area contributed by atoms with Gasteiger partial charge in [-0.15, -0.1) is 0 Å². The van der Waals surface area contributed by atoms with Gasteiger partial charge in [-0.2, -0.15) is 26.3 Å². The Morgan fingerprint density at radius 3 is 1.89 bits per heavy atom. The van der Waals surface area contributed by atoms with Crippen molar-refractivity contribution < 1.29 is 69.6 Å². The van der Waals surface area contributed by atoms with Crippen LogP contribution in [0.25, 0.3) is 0 Å². The molecule has 9 heterocycles. The van der Waals surface area contributed by atoms with Gasteiger partial charge in [-0.05, 0) is 75.7 Å². The molecule has 312 valence electrons. The van der Waals surface area contributed by atoms with Gasteiger partial charge in [0.1, 0.15) is 0 Å². The van der Waals surface area contributed by atoms with Gasteiger partial charge in [0.25, 0.3) is 5.79 Å². The standard InChI is InChI=1S/C38H54F6N2O9/c1-21-6-8-27-23(3)36(38(42,43)44,51-31-34(27)25(21)10-13-33(5,50-31)53-54-34)47-19-18-45-14-16-46(17-15-45)20-24-28-9-7-22(2)26-11-12-32(4)49-30(35(26,28)55-52-32)48-29(24)37(39,40)41/h21-23,25-28,30-31H,6-20H2,1-5H3/t21-,22-,23-,25?,26?,27+,28+,30-,31+,32+,33+,34?,35?,36-/m1/s1. The molecule has 9 aliphatic heterocycles. The second-order valence-corrected chi connectivity index (χ2v) is 18.3. The van der Waals surface area contributed by atoms with Gasteiger partial charge in [-0.1, -0.05) is 20.8 Å². The highest BCUT2D eigenvalue weighted by atomic mass is 19.4. The van der Waals surface area contributed by atoms with E-state index >= 15 is 13.2 Å². The molecule has 11 rings (SSSR count). The monoisotopic (exact) mass is 796 g/mol. The van der Waals surface area contributed by atoms with Crippen molar-refractivity contribution in [3.63, 3.8) is 0 Å². The fourth-order valence-electron chi connectivity index (χ4n) is 12.1. The van der Waals surface area contributed by atoms with E-state index in [-0.39, 0.29) is 48.9 Å². The zero-order chi connectivity index (χ0) is 39.0. The van der Waals surface area contributed by atoms with Crippen molar-refractivity contribution in [3.05, 3.63) is 11.3 Å². The van der Waals surface area contributed by atoms with Crippen molar-refractivity contribution in [2.24, 2.45) is 41.4 Å². The summed E-state index contributed by atoms with van der Waals surface area (Å²) in [5.41, 5.74) is -2.23. The van der Waals surface area contributed by atoms with Gasteiger partial charge >= 0.3 is 12.4 Å². The molecule has 8 saturated heterocycles. The van der Waals surface area contributed by atoms with Gasteiger partial charge in [-0.3, -0.25) is 9.80 Å². The minimum atomic E-state index is -4.88. The molecule has 55 heavy (non-hydrogen) atoms. The average Bonchev–Trinajstić information content (AvgIpc) is 3.49. The summed E-state index contributed by atoms with van der Waals surface area (Å²) in [6, 6.07) is 0. The molecule has 4 bridgehead atoms. The molecule has 11 nitrogen and oxygen atoms in total. The first kappa shape index (κ1) is 39.2. The Bertz CT molecular complexity index is 1530. The molecule has 0 N–H and O–H groups in total. The smallest absolute Gasteiger partial charge is 0.449 e. The van der Waals surface area contributed by atoms with Crippen LogP contribution in [-0.4, -0.2) is 109 Å². The second-order valence-electron chi connectivity index (χ2n) is 18.3. The number of hydrogen-bond donors (Lipinski definition) is 0. The van der Waals surface area contributed by atoms with Gasteiger partial charge in [-0.25, -0.2) is 19.6 Å². The largest absolute Gasteiger partial charge is 0.456 e. The maximum absolute atomic E-state index is 15.3. The first-order valence-corrected chi connectivity index (χ1v) is 20.2. The Morgan fingerprint density at radius 2 is 1.25 bits per heavy atom. The van der Waals surface area contributed by atoms with Crippen LogP contribution in [0, 0.1) is 41.4 Å². The van der Waals surface area contributed by atoms with Gasteiger partial charge in [0.2, 0.25) is 23.6 Å². The lowest BCUT2D eigenvalue weighted by molar-refractivity contribution is -0.598. The highest BCUT2D eigenvalue weighted by Gasteiger charge is 2.77. The molecule has 2 saturated carbocycles. The van der Waals surface area contributed by atoms with Crippen molar-refractivity contribution in [1.29, 1.82) is 0 Å². The van der Waals surface area contributed by atoms with Crippen molar-refractivity contribution in [2.75, 3.05) is 45.9 Å². The number of hydrogen-bond acceptors (Lipinski definition) is 11. The van der Waals surface area contributed by atoms with Crippen LogP contribution in [0.15, 0.2) is 11.3 Å². The van der Waals surface area contributed by atoms with Crippen LogP contribution in [0.5, 0.6) is 0 Å². The molecule has 2 aliphatic carbocycles. The lowest BCUT2D eigenvalue weighted by atomic mass is 9.57. The van der Waals surface area contributed by atoms with E-state index in [0.717, 1.165) is 12.8 Å². The molecular formula is C38H54F6N2O9. The third-order valence-corrected chi connectivity index (χ3v) is 15.2. The van der Waals surface area contributed by atoms with Crippen molar-refractivity contribution in [1.82, 2.24) is 9.80 Å². The molecule has 0 amide bonds. The summed E-state index contributed by atoms with van der Waals surface area (Å²) in [6.45, 7) is 10.6. The summed E-state index contributed by atoms with van der Waals surface area (Å²) in [4.78, 5) is 27.6. The van der Waals surface area contributed by atoms with Crippen molar-refractivity contribution in [3.8, 4) is 0 Å². The quantitative estimate of drug-likeness (QED) is 0.210. The predicted octanol–water partition coefficient (Wildman–Crippen LogP) is 6.82. The zero-order valence-corrected chi connectivity index (χ0v) is 32.1. The Labute approximate surface area is 317 Å². The van der Waals surface area contributed by atoms with Crippen LogP contribution < -0.4 is 0 Å². The number of rotatable bonds is 6. The molecule has 0 radical (unpaired) electrons.